The maximum Gasteiger partial charge on any atom is 0.139 e. The van der Waals surface area contributed by atoms with Crippen molar-refractivity contribution in [2.24, 2.45) is 5.92 Å². The van der Waals surface area contributed by atoms with Crippen LogP contribution in [0.15, 0.2) is 54.6 Å². The van der Waals surface area contributed by atoms with E-state index in [2.05, 4.69) is 0 Å². The second-order valence-corrected chi connectivity index (χ2v) is 6.68. The average molecular weight is 329 g/mol. The van der Waals surface area contributed by atoms with Gasteiger partial charge in [-0.15, -0.1) is 0 Å². The summed E-state index contributed by atoms with van der Waals surface area (Å²) in [5.74, 6) is 0.616. The standard InChI is InChI=1S/C21H28FNO/c1-5-21(22,17(2)15-23(3)4)19-12-9-13-20(14-19)24-16-18-10-7-6-8-11-18/h6-14,17H,5,15-16H2,1-4H3/t17?,21-/m1/s1. The number of hydrogen-bond donors (Lipinski definition) is 0. The Morgan fingerprint density at radius 2 is 1.79 bits per heavy atom. The number of rotatable bonds is 8. The molecule has 0 aromatic heterocycles. The number of benzene rings is 2. The van der Waals surface area contributed by atoms with Gasteiger partial charge < -0.3 is 9.64 Å². The fraction of sp³-hybridized carbons (Fsp3) is 0.429. The van der Waals surface area contributed by atoms with Gasteiger partial charge in [0.1, 0.15) is 18.0 Å². The fourth-order valence-electron chi connectivity index (χ4n) is 3.11. The van der Waals surface area contributed by atoms with Gasteiger partial charge in [-0.2, -0.15) is 0 Å². The van der Waals surface area contributed by atoms with E-state index in [0.29, 0.717) is 30.9 Å². The van der Waals surface area contributed by atoms with Crippen molar-refractivity contribution in [3.8, 4) is 5.75 Å². The lowest BCUT2D eigenvalue weighted by Gasteiger charge is -2.33. The fourth-order valence-corrected chi connectivity index (χ4v) is 3.11. The van der Waals surface area contributed by atoms with E-state index in [1.807, 2.05) is 87.4 Å². The largest absolute Gasteiger partial charge is 0.489 e. The number of ether oxygens (including phenoxy) is 1. The first kappa shape index (κ1) is 18.5. The number of alkyl halides is 1. The Balaban J connectivity index is 2.15. The molecule has 2 aromatic carbocycles. The predicted octanol–water partition coefficient (Wildman–Crippen LogP) is 5.04. The summed E-state index contributed by atoms with van der Waals surface area (Å²) in [5, 5.41) is 0. The lowest BCUT2D eigenvalue weighted by atomic mass is 9.81. The Morgan fingerprint density at radius 3 is 2.42 bits per heavy atom. The second-order valence-electron chi connectivity index (χ2n) is 6.68. The minimum absolute atomic E-state index is 0.0955. The van der Waals surface area contributed by atoms with Crippen LogP contribution in [0, 0.1) is 5.92 Å². The summed E-state index contributed by atoms with van der Waals surface area (Å²) in [6.07, 6.45) is 0.449. The molecule has 2 rings (SSSR count). The van der Waals surface area contributed by atoms with Crippen molar-refractivity contribution < 1.29 is 9.13 Å². The molecule has 0 bridgehead atoms. The first-order valence-corrected chi connectivity index (χ1v) is 8.56. The van der Waals surface area contributed by atoms with E-state index >= 15 is 4.39 Å². The van der Waals surface area contributed by atoms with Crippen LogP contribution in [-0.2, 0) is 12.3 Å². The molecule has 2 aromatic rings. The van der Waals surface area contributed by atoms with Crippen LogP contribution >= 0.6 is 0 Å². The minimum atomic E-state index is -1.35. The Labute approximate surface area is 145 Å². The molecule has 0 radical (unpaired) electrons. The summed E-state index contributed by atoms with van der Waals surface area (Å²) in [6.45, 7) is 5.08. The Hall–Kier alpha value is -1.87. The van der Waals surface area contributed by atoms with E-state index in [4.69, 9.17) is 4.74 Å². The van der Waals surface area contributed by atoms with Gasteiger partial charge in [0.25, 0.3) is 0 Å². The van der Waals surface area contributed by atoms with Crippen molar-refractivity contribution in [2.45, 2.75) is 32.5 Å². The molecule has 0 aliphatic heterocycles. The molecule has 0 aliphatic rings. The third kappa shape index (κ3) is 4.57. The lowest BCUT2D eigenvalue weighted by molar-refractivity contribution is 0.0657. The van der Waals surface area contributed by atoms with E-state index in [9.17, 15) is 0 Å². The van der Waals surface area contributed by atoms with Gasteiger partial charge in [-0.1, -0.05) is 56.3 Å². The smallest absolute Gasteiger partial charge is 0.139 e. The second kappa shape index (κ2) is 8.29. The van der Waals surface area contributed by atoms with Gasteiger partial charge in [-0.3, -0.25) is 0 Å². The molecule has 0 heterocycles. The number of hydrogen-bond acceptors (Lipinski definition) is 2. The summed E-state index contributed by atoms with van der Waals surface area (Å²) < 4.78 is 21.5. The molecule has 24 heavy (non-hydrogen) atoms. The Morgan fingerprint density at radius 1 is 1.08 bits per heavy atom. The van der Waals surface area contributed by atoms with Crippen LogP contribution in [0.4, 0.5) is 4.39 Å². The van der Waals surface area contributed by atoms with Crippen LogP contribution in [0.5, 0.6) is 5.75 Å². The van der Waals surface area contributed by atoms with Crippen LogP contribution in [-0.4, -0.2) is 25.5 Å². The van der Waals surface area contributed by atoms with Crippen molar-refractivity contribution in [1.29, 1.82) is 0 Å². The van der Waals surface area contributed by atoms with Gasteiger partial charge in [-0.25, -0.2) is 4.39 Å². The maximum absolute atomic E-state index is 15.7. The van der Waals surface area contributed by atoms with Gasteiger partial charge in [0.05, 0.1) is 0 Å². The molecule has 130 valence electrons. The summed E-state index contributed by atoms with van der Waals surface area (Å²) in [7, 11) is 3.96. The molecule has 0 spiro atoms. The molecular weight excluding hydrogens is 301 g/mol. The van der Waals surface area contributed by atoms with E-state index in [-0.39, 0.29) is 5.92 Å². The van der Waals surface area contributed by atoms with Crippen LogP contribution < -0.4 is 4.74 Å². The van der Waals surface area contributed by atoms with Gasteiger partial charge >= 0.3 is 0 Å². The van der Waals surface area contributed by atoms with Gasteiger partial charge in [0.2, 0.25) is 0 Å². The Kier molecular flexibility index (Phi) is 6.38. The molecule has 0 aliphatic carbocycles. The van der Waals surface area contributed by atoms with Crippen LogP contribution in [0.2, 0.25) is 0 Å². The quantitative estimate of drug-likeness (QED) is 0.673. The van der Waals surface area contributed by atoms with Crippen molar-refractivity contribution in [2.75, 3.05) is 20.6 Å². The van der Waals surface area contributed by atoms with Crippen molar-refractivity contribution in [1.82, 2.24) is 4.90 Å². The highest BCUT2D eigenvalue weighted by atomic mass is 19.1. The topological polar surface area (TPSA) is 12.5 Å². The van der Waals surface area contributed by atoms with E-state index < -0.39 is 5.67 Å². The first-order valence-electron chi connectivity index (χ1n) is 8.56. The molecule has 0 saturated carbocycles. The summed E-state index contributed by atoms with van der Waals surface area (Å²) >= 11 is 0. The molecular formula is C21H28FNO. The third-order valence-electron chi connectivity index (χ3n) is 4.50. The highest BCUT2D eigenvalue weighted by molar-refractivity contribution is 5.33. The molecule has 2 atom stereocenters. The lowest BCUT2D eigenvalue weighted by Crippen LogP contribution is -2.35. The third-order valence-corrected chi connectivity index (χ3v) is 4.50. The van der Waals surface area contributed by atoms with Crippen LogP contribution in [0.1, 0.15) is 31.4 Å². The highest BCUT2D eigenvalue weighted by Crippen LogP contribution is 2.39. The Bertz CT molecular complexity index is 629. The average Bonchev–Trinajstić information content (AvgIpc) is 2.59. The van der Waals surface area contributed by atoms with Gasteiger partial charge in [0.15, 0.2) is 0 Å². The maximum atomic E-state index is 15.7. The molecule has 0 amide bonds. The zero-order valence-corrected chi connectivity index (χ0v) is 15.1. The van der Waals surface area contributed by atoms with E-state index in [1.54, 1.807) is 0 Å². The zero-order valence-electron chi connectivity index (χ0n) is 15.1. The van der Waals surface area contributed by atoms with Crippen molar-refractivity contribution in [3.63, 3.8) is 0 Å². The first-order chi connectivity index (χ1) is 11.5. The summed E-state index contributed by atoms with van der Waals surface area (Å²) in [6, 6.07) is 17.5. The van der Waals surface area contributed by atoms with Crippen molar-refractivity contribution in [3.05, 3.63) is 65.7 Å². The molecule has 0 saturated heterocycles. The van der Waals surface area contributed by atoms with E-state index in [0.717, 1.165) is 5.56 Å². The molecule has 2 nitrogen and oxygen atoms in total. The van der Waals surface area contributed by atoms with Gasteiger partial charge in [-0.05, 0) is 43.8 Å². The molecule has 0 fully saturated rings. The number of halogens is 1. The summed E-state index contributed by atoms with van der Waals surface area (Å²) in [5.41, 5.74) is 0.451. The SMILES string of the molecule is CC[C@](F)(c1cccc(OCc2ccccc2)c1)C(C)CN(C)C. The highest BCUT2D eigenvalue weighted by Gasteiger charge is 2.36. The van der Waals surface area contributed by atoms with Crippen LogP contribution in [0.25, 0.3) is 0 Å². The van der Waals surface area contributed by atoms with Gasteiger partial charge in [0, 0.05) is 12.5 Å². The monoisotopic (exact) mass is 329 g/mol. The van der Waals surface area contributed by atoms with Crippen LogP contribution in [0.3, 0.4) is 0 Å². The normalized spacial score (nSPS) is 15.1. The predicted molar refractivity (Wildman–Crippen MR) is 98.0 cm³/mol. The minimum Gasteiger partial charge on any atom is -0.489 e. The molecule has 1 unspecified atom stereocenters. The number of nitrogens with zero attached hydrogens (tertiary/aromatic N) is 1. The van der Waals surface area contributed by atoms with E-state index in [1.165, 1.54) is 0 Å². The zero-order chi connectivity index (χ0) is 17.6. The van der Waals surface area contributed by atoms with Crippen molar-refractivity contribution >= 4 is 0 Å². The summed E-state index contributed by atoms with van der Waals surface area (Å²) in [4.78, 5) is 2.03. The molecule has 0 N–H and O–H groups in total. The molecule has 3 heteroatoms.